The number of methoxy groups -OCH3 is 1. The third kappa shape index (κ3) is 4.76. The molecule has 1 amide bonds. The highest BCUT2D eigenvalue weighted by atomic mass is 32.2. The number of thioether (sulfide) groups is 1. The number of para-hydroxylation sites is 1. The van der Waals surface area contributed by atoms with E-state index in [0.29, 0.717) is 5.92 Å². The van der Waals surface area contributed by atoms with Gasteiger partial charge < -0.3 is 10.1 Å². The number of amides is 1. The second kappa shape index (κ2) is 8.06. The Morgan fingerprint density at radius 1 is 1.04 bits per heavy atom. The van der Waals surface area contributed by atoms with E-state index in [4.69, 9.17) is 4.74 Å². The van der Waals surface area contributed by atoms with E-state index in [2.05, 4.69) is 25.2 Å². The van der Waals surface area contributed by atoms with Crippen molar-refractivity contribution in [1.29, 1.82) is 0 Å². The number of benzene rings is 2. The highest BCUT2D eigenvalue weighted by molar-refractivity contribution is 8.00. The summed E-state index contributed by atoms with van der Waals surface area (Å²) in [6.45, 7) is 6.17. The van der Waals surface area contributed by atoms with Crippen molar-refractivity contribution >= 4 is 23.4 Å². The number of carbonyl (C=O) groups excluding carboxylic acids is 1. The van der Waals surface area contributed by atoms with Crippen molar-refractivity contribution in [3.8, 4) is 5.75 Å². The average molecular weight is 329 g/mol. The summed E-state index contributed by atoms with van der Waals surface area (Å²) in [7, 11) is 1.64. The van der Waals surface area contributed by atoms with Crippen molar-refractivity contribution < 1.29 is 9.53 Å². The van der Waals surface area contributed by atoms with Crippen LogP contribution in [-0.4, -0.2) is 18.3 Å². The van der Waals surface area contributed by atoms with Crippen LogP contribution in [0.3, 0.4) is 0 Å². The van der Waals surface area contributed by atoms with Gasteiger partial charge in [0.1, 0.15) is 5.75 Å². The maximum Gasteiger partial charge on any atom is 0.237 e. The molecule has 122 valence electrons. The molecule has 0 heterocycles. The van der Waals surface area contributed by atoms with Crippen molar-refractivity contribution in [3.63, 3.8) is 0 Å². The molecule has 0 saturated carbocycles. The topological polar surface area (TPSA) is 38.3 Å². The standard InChI is InChI=1S/C19H23NO2S/c1-13(2)17-7-5-6-8-18(17)20-19(21)14(3)23-16-11-9-15(22-4)10-12-16/h5-14H,1-4H3,(H,20,21)/t14-/m0/s1. The molecule has 1 N–H and O–H groups in total. The van der Waals surface area contributed by atoms with Gasteiger partial charge in [0.2, 0.25) is 5.91 Å². The lowest BCUT2D eigenvalue weighted by molar-refractivity contribution is -0.115. The van der Waals surface area contributed by atoms with Gasteiger partial charge in [-0.15, -0.1) is 11.8 Å². The van der Waals surface area contributed by atoms with Crippen LogP contribution in [0.4, 0.5) is 5.69 Å². The summed E-state index contributed by atoms with van der Waals surface area (Å²) in [5, 5.41) is 2.87. The molecular formula is C19H23NO2S. The van der Waals surface area contributed by atoms with E-state index in [1.807, 2.05) is 49.4 Å². The Kier molecular flexibility index (Phi) is 6.11. The van der Waals surface area contributed by atoms with Gasteiger partial charge in [-0.25, -0.2) is 0 Å². The zero-order valence-electron chi connectivity index (χ0n) is 14.0. The third-order valence-electron chi connectivity index (χ3n) is 3.58. The van der Waals surface area contributed by atoms with Crippen LogP contribution in [-0.2, 0) is 4.79 Å². The van der Waals surface area contributed by atoms with Gasteiger partial charge in [-0.2, -0.15) is 0 Å². The average Bonchev–Trinajstić information content (AvgIpc) is 2.55. The van der Waals surface area contributed by atoms with E-state index in [1.165, 1.54) is 11.8 Å². The fourth-order valence-corrected chi connectivity index (χ4v) is 3.13. The van der Waals surface area contributed by atoms with Crippen LogP contribution in [0.5, 0.6) is 5.75 Å². The summed E-state index contributed by atoms with van der Waals surface area (Å²) in [4.78, 5) is 13.5. The Labute approximate surface area is 142 Å². The van der Waals surface area contributed by atoms with E-state index in [1.54, 1.807) is 7.11 Å². The molecule has 2 aromatic carbocycles. The van der Waals surface area contributed by atoms with Gasteiger partial charge >= 0.3 is 0 Å². The van der Waals surface area contributed by atoms with Crippen molar-refractivity contribution in [2.24, 2.45) is 0 Å². The lowest BCUT2D eigenvalue weighted by Gasteiger charge is -2.16. The summed E-state index contributed by atoms with van der Waals surface area (Å²) in [5.74, 6) is 1.20. The first-order valence-corrected chi connectivity index (χ1v) is 8.59. The minimum atomic E-state index is -0.177. The van der Waals surface area contributed by atoms with E-state index < -0.39 is 0 Å². The molecule has 3 nitrogen and oxygen atoms in total. The van der Waals surface area contributed by atoms with E-state index in [-0.39, 0.29) is 11.2 Å². The summed E-state index contributed by atoms with van der Waals surface area (Å²) >= 11 is 1.54. The summed E-state index contributed by atoms with van der Waals surface area (Å²) < 4.78 is 5.15. The molecule has 0 fully saturated rings. The fourth-order valence-electron chi connectivity index (χ4n) is 2.26. The zero-order chi connectivity index (χ0) is 16.8. The largest absolute Gasteiger partial charge is 0.497 e. The van der Waals surface area contributed by atoms with Crippen molar-refractivity contribution in [3.05, 3.63) is 54.1 Å². The molecule has 0 radical (unpaired) electrons. The zero-order valence-corrected chi connectivity index (χ0v) is 14.8. The SMILES string of the molecule is COc1ccc(S[C@@H](C)C(=O)Nc2ccccc2C(C)C)cc1. The lowest BCUT2D eigenvalue weighted by atomic mass is 10.0. The number of nitrogens with one attached hydrogen (secondary N) is 1. The van der Waals surface area contributed by atoms with Gasteiger partial charge in [0, 0.05) is 10.6 Å². The number of hydrogen-bond donors (Lipinski definition) is 1. The van der Waals surface area contributed by atoms with Crippen LogP contribution < -0.4 is 10.1 Å². The molecule has 0 spiro atoms. The summed E-state index contributed by atoms with van der Waals surface area (Å²) in [5.41, 5.74) is 2.05. The second-order valence-corrected chi connectivity index (χ2v) is 7.08. The molecule has 23 heavy (non-hydrogen) atoms. The van der Waals surface area contributed by atoms with Crippen LogP contribution in [0.15, 0.2) is 53.4 Å². The molecule has 2 aromatic rings. The first-order chi connectivity index (χ1) is 11.0. The fraction of sp³-hybridized carbons (Fsp3) is 0.316. The van der Waals surface area contributed by atoms with Crippen LogP contribution in [0.1, 0.15) is 32.3 Å². The number of ether oxygens (including phenoxy) is 1. The number of carbonyl (C=O) groups is 1. The van der Waals surface area contributed by atoms with E-state index >= 15 is 0 Å². The van der Waals surface area contributed by atoms with E-state index in [9.17, 15) is 4.79 Å². The molecule has 0 aliphatic rings. The predicted octanol–water partition coefficient (Wildman–Crippen LogP) is 4.94. The second-order valence-electron chi connectivity index (χ2n) is 5.67. The molecule has 4 heteroatoms. The van der Waals surface area contributed by atoms with E-state index in [0.717, 1.165) is 21.9 Å². The monoisotopic (exact) mass is 329 g/mol. The minimum absolute atomic E-state index is 0.0129. The van der Waals surface area contributed by atoms with Gasteiger partial charge in [0.15, 0.2) is 0 Å². The molecule has 0 aliphatic carbocycles. The molecule has 0 bridgehead atoms. The molecular weight excluding hydrogens is 306 g/mol. The Hall–Kier alpha value is -1.94. The first-order valence-electron chi connectivity index (χ1n) is 7.71. The molecule has 0 saturated heterocycles. The predicted molar refractivity (Wildman–Crippen MR) is 97.5 cm³/mol. The summed E-state index contributed by atoms with van der Waals surface area (Å²) in [6, 6.07) is 15.7. The molecule has 0 aliphatic heterocycles. The van der Waals surface area contributed by atoms with Gasteiger partial charge in [-0.1, -0.05) is 32.0 Å². The van der Waals surface area contributed by atoms with Crippen LogP contribution in [0, 0.1) is 0 Å². The van der Waals surface area contributed by atoms with Crippen molar-refractivity contribution in [2.75, 3.05) is 12.4 Å². The highest BCUT2D eigenvalue weighted by Crippen LogP contribution is 2.28. The number of hydrogen-bond acceptors (Lipinski definition) is 3. The maximum atomic E-state index is 12.5. The molecule has 0 aromatic heterocycles. The van der Waals surface area contributed by atoms with Crippen LogP contribution in [0.2, 0.25) is 0 Å². The molecule has 0 unspecified atom stereocenters. The highest BCUT2D eigenvalue weighted by Gasteiger charge is 2.16. The Morgan fingerprint density at radius 2 is 1.70 bits per heavy atom. The Balaban J connectivity index is 2.02. The number of anilines is 1. The maximum absolute atomic E-state index is 12.5. The molecule has 1 atom stereocenters. The van der Waals surface area contributed by atoms with Crippen LogP contribution >= 0.6 is 11.8 Å². The summed E-state index contributed by atoms with van der Waals surface area (Å²) in [6.07, 6.45) is 0. The Bertz CT molecular complexity index is 653. The van der Waals surface area contributed by atoms with Gasteiger partial charge in [0.05, 0.1) is 12.4 Å². The minimum Gasteiger partial charge on any atom is -0.497 e. The van der Waals surface area contributed by atoms with Crippen LogP contribution in [0.25, 0.3) is 0 Å². The van der Waals surface area contributed by atoms with Crippen molar-refractivity contribution in [2.45, 2.75) is 36.8 Å². The Morgan fingerprint density at radius 3 is 2.30 bits per heavy atom. The lowest BCUT2D eigenvalue weighted by Crippen LogP contribution is -2.23. The normalized spacial score (nSPS) is 12.0. The van der Waals surface area contributed by atoms with Gasteiger partial charge in [-0.3, -0.25) is 4.79 Å². The van der Waals surface area contributed by atoms with Crippen molar-refractivity contribution in [1.82, 2.24) is 0 Å². The van der Waals surface area contributed by atoms with Gasteiger partial charge in [0.25, 0.3) is 0 Å². The molecule has 2 rings (SSSR count). The third-order valence-corrected chi connectivity index (χ3v) is 4.69. The first kappa shape index (κ1) is 17.4. The smallest absolute Gasteiger partial charge is 0.237 e. The quantitative estimate of drug-likeness (QED) is 0.763. The number of rotatable bonds is 6. The van der Waals surface area contributed by atoms with Gasteiger partial charge in [-0.05, 0) is 48.7 Å².